The monoisotopic (exact) mass is 1240 g/mol. The van der Waals surface area contributed by atoms with Crippen molar-refractivity contribution in [1.29, 1.82) is 0 Å². The third kappa shape index (κ3) is 19.8. The van der Waals surface area contributed by atoms with E-state index in [4.69, 9.17) is 4.11 Å². The van der Waals surface area contributed by atoms with Crippen LogP contribution in [0.2, 0.25) is 0 Å². The molecule has 0 aliphatic carbocycles. The molecule has 0 aliphatic rings. The van der Waals surface area contributed by atoms with Crippen LogP contribution in [0.3, 0.4) is 0 Å². The number of benzene rings is 4. The summed E-state index contributed by atoms with van der Waals surface area (Å²) in [6, 6.07) is 35.2. The summed E-state index contributed by atoms with van der Waals surface area (Å²) in [7, 11) is 8.57. The van der Waals surface area contributed by atoms with Gasteiger partial charge in [0, 0.05) is 72.9 Å². The molecule has 92 heavy (non-hydrogen) atoms. The van der Waals surface area contributed by atoms with E-state index in [1.807, 2.05) is 13.0 Å². The summed E-state index contributed by atoms with van der Waals surface area (Å²) in [5.41, 5.74) is 31.5. The van der Waals surface area contributed by atoms with Gasteiger partial charge in [0.1, 0.15) is 28.2 Å². The van der Waals surface area contributed by atoms with Gasteiger partial charge in [-0.2, -0.15) is 0 Å². The second-order valence-electron chi connectivity index (χ2n) is 34.3. The molecule has 0 saturated carbocycles. The first-order valence-electron chi connectivity index (χ1n) is 35.7. The highest BCUT2D eigenvalue weighted by molar-refractivity contribution is 5.66. The number of aryl methyl sites for hydroxylation is 12. The summed E-state index contributed by atoms with van der Waals surface area (Å²) in [6.45, 7) is 63.3. The summed E-state index contributed by atoms with van der Waals surface area (Å²) in [5, 5.41) is 0. The molecule has 4 heteroatoms. The van der Waals surface area contributed by atoms with Crippen molar-refractivity contribution in [2.24, 2.45) is 40.0 Å². The van der Waals surface area contributed by atoms with Gasteiger partial charge in [-0.05, 0) is 181 Å². The number of rotatable bonds is 8. The van der Waals surface area contributed by atoms with Crippen LogP contribution in [0.15, 0.2) is 122 Å². The first-order chi connectivity index (χ1) is 43.2. The van der Waals surface area contributed by atoms with Crippen molar-refractivity contribution in [3.63, 3.8) is 0 Å². The molecule has 4 aromatic carbocycles. The van der Waals surface area contributed by atoms with E-state index in [-0.39, 0.29) is 32.5 Å². The van der Waals surface area contributed by atoms with Crippen molar-refractivity contribution in [3.05, 3.63) is 211 Å². The van der Waals surface area contributed by atoms with Crippen LogP contribution in [0, 0.1) is 67.2 Å². The Morgan fingerprint density at radius 1 is 0.293 bits per heavy atom. The van der Waals surface area contributed by atoms with Gasteiger partial charge in [-0.25, -0.2) is 18.3 Å². The van der Waals surface area contributed by atoms with Gasteiger partial charge in [0.15, 0.2) is 24.8 Å². The summed E-state index contributed by atoms with van der Waals surface area (Å²) in [4.78, 5) is 0. The molecule has 8 aromatic rings. The Morgan fingerprint density at radius 3 is 0.761 bits per heavy atom. The van der Waals surface area contributed by atoms with E-state index in [2.05, 4.69) is 344 Å². The maximum absolute atomic E-state index is 7.63. The lowest BCUT2D eigenvalue weighted by atomic mass is 9.75. The van der Waals surface area contributed by atoms with Crippen LogP contribution in [-0.4, -0.2) is 0 Å². The zero-order valence-corrected chi connectivity index (χ0v) is 64.4. The highest BCUT2D eigenvalue weighted by Crippen LogP contribution is 2.39. The van der Waals surface area contributed by atoms with Crippen molar-refractivity contribution in [2.75, 3.05) is 0 Å². The molecule has 0 saturated heterocycles. The Hall–Kier alpha value is -6.52. The highest BCUT2D eigenvalue weighted by atomic mass is 14.9. The van der Waals surface area contributed by atoms with Gasteiger partial charge in [0.05, 0.1) is 0 Å². The van der Waals surface area contributed by atoms with E-state index in [1.165, 1.54) is 112 Å². The summed E-state index contributed by atoms with van der Waals surface area (Å²) < 4.78 is 31.9. The minimum absolute atomic E-state index is 0.0260. The third-order valence-electron chi connectivity index (χ3n) is 17.9. The van der Waals surface area contributed by atoms with E-state index in [0.717, 1.165) is 29.7 Å². The smallest absolute Gasteiger partial charge is 0.201 e. The van der Waals surface area contributed by atoms with Crippen LogP contribution >= 0.6 is 0 Å². The van der Waals surface area contributed by atoms with Crippen molar-refractivity contribution in [1.82, 2.24) is 0 Å². The van der Waals surface area contributed by atoms with Gasteiger partial charge in [0.2, 0.25) is 22.8 Å². The fraction of sp³-hybridized carbons (Fsp3) is 0.500. The number of hydrogen-bond acceptors (Lipinski definition) is 0. The molecule has 496 valence electrons. The molecule has 8 rings (SSSR count). The lowest BCUT2D eigenvalue weighted by molar-refractivity contribution is -0.661. The maximum Gasteiger partial charge on any atom is 0.212 e. The zero-order valence-electron chi connectivity index (χ0n) is 67.4. The van der Waals surface area contributed by atoms with E-state index in [1.54, 1.807) is 12.1 Å². The Morgan fingerprint density at radius 2 is 0.522 bits per heavy atom. The topological polar surface area (TPSA) is 15.5 Å². The van der Waals surface area contributed by atoms with E-state index in [0.29, 0.717) is 17.4 Å². The van der Waals surface area contributed by atoms with Gasteiger partial charge in [-0.1, -0.05) is 223 Å². The minimum Gasteiger partial charge on any atom is -0.201 e. The zero-order chi connectivity index (χ0) is 72.4. The Labute approximate surface area is 568 Å². The third-order valence-corrected chi connectivity index (χ3v) is 17.9. The largest absolute Gasteiger partial charge is 0.212 e. The lowest BCUT2D eigenvalue weighted by Crippen LogP contribution is -2.36. The average Bonchev–Trinajstić information content (AvgIpc) is 0.778. The van der Waals surface area contributed by atoms with Crippen molar-refractivity contribution < 1.29 is 22.4 Å². The molecule has 0 N–H and O–H groups in total. The van der Waals surface area contributed by atoms with Gasteiger partial charge in [-0.3, -0.25) is 0 Å². The molecular formula is C88H128N4+4. The Kier molecular flexibility index (Phi) is 22.8. The minimum atomic E-state index is -2.07. The normalized spacial score (nSPS) is 12.9. The van der Waals surface area contributed by atoms with Crippen LogP contribution in [0.1, 0.15) is 245 Å². The van der Waals surface area contributed by atoms with Gasteiger partial charge < -0.3 is 0 Å². The molecule has 0 unspecified atom stereocenters. The van der Waals surface area contributed by atoms with Crippen molar-refractivity contribution >= 4 is 0 Å². The lowest BCUT2D eigenvalue weighted by Gasteiger charge is -2.29. The first kappa shape index (κ1) is 71.3. The predicted octanol–water partition coefficient (Wildman–Crippen LogP) is 21.4. The summed E-state index contributed by atoms with van der Waals surface area (Å²) in [5.74, 6) is 1.37. The molecule has 0 bridgehead atoms. The van der Waals surface area contributed by atoms with Crippen LogP contribution in [-0.2, 0) is 73.5 Å². The van der Waals surface area contributed by atoms with E-state index >= 15 is 0 Å². The summed E-state index contributed by atoms with van der Waals surface area (Å²) in [6.07, 6.45) is 11.5. The molecule has 0 spiro atoms. The molecule has 0 aliphatic heterocycles. The molecular weight excluding hydrogens is 1110 g/mol. The maximum atomic E-state index is 7.63. The van der Waals surface area contributed by atoms with Crippen molar-refractivity contribution in [2.45, 2.75) is 253 Å². The molecule has 4 nitrogen and oxygen atoms in total. The molecule has 4 heterocycles. The second kappa shape index (κ2) is 29.4. The SMILES string of the molecule is Cc1ccc(-c2cc(C(C)(C)C)c(C(C)(C)C)c[n+]2C)c(C)c1.Cc1ccc(-c2cc(C(C)(C)C)c(C(C)(C)C)c[n+]2C)c(C)c1.Cc1ccc(-c2cc(CC(C)C)c(CC(C)C)c[n+]2C)c(C)c1.[2H]C([2H])([2H])c1ccc(-c2cc(C(C)(C)C)c(C(C)(C)C)c[n+]2C)c(C)c1. The van der Waals surface area contributed by atoms with Crippen LogP contribution in [0.5, 0.6) is 0 Å². The first-order valence-corrected chi connectivity index (χ1v) is 34.2. The van der Waals surface area contributed by atoms with Crippen LogP contribution < -0.4 is 18.3 Å². The van der Waals surface area contributed by atoms with Gasteiger partial charge in [0.25, 0.3) is 0 Å². The highest BCUT2D eigenvalue weighted by Gasteiger charge is 2.34. The van der Waals surface area contributed by atoms with E-state index in [9.17, 15) is 0 Å². The molecule has 0 radical (unpaired) electrons. The average molecular weight is 1250 g/mol. The fourth-order valence-electron chi connectivity index (χ4n) is 12.9. The fourth-order valence-corrected chi connectivity index (χ4v) is 12.9. The van der Waals surface area contributed by atoms with E-state index < -0.39 is 6.85 Å². The quantitative estimate of drug-likeness (QED) is 0.135. The standard InChI is InChI=1S/4C22H32N/c3*1-15-10-11-17(16(2)12-15)20-13-18(21(3,4)5)19(14-23(20)9)22(6,7)8;1-15(2)10-19-13-22(21-9-8-17(5)12-18(21)6)23(7)14-20(19)11-16(3)4/h3*10-14H,1-9H3;8-9,12-16H,10-11H2,1-7H3/q4*+1/i1D3;;;. The predicted molar refractivity (Wildman–Crippen MR) is 399 cm³/mol. The Balaban J connectivity index is 0.000000230. The molecule has 0 fully saturated rings. The van der Waals surface area contributed by atoms with Crippen LogP contribution in [0.4, 0.5) is 0 Å². The Bertz CT molecular complexity index is 3860. The molecule has 4 aromatic heterocycles. The number of nitrogens with zero attached hydrogens (tertiary/aromatic N) is 4. The number of hydrogen-bond donors (Lipinski definition) is 0. The number of pyridine rings is 4. The summed E-state index contributed by atoms with van der Waals surface area (Å²) >= 11 is 0. The second-order valence-corrected chi connectivity index (χ2v) is 34.3. The van der Waals surface area contributed by atoms with Crippen molar-refractivity contribution in [3.8, 4) is 45.0 Å². The number of aromatic nitrogens is 4. The van der Waals surface area contributed by atoms with Gasteiger partial charge in [-0.15, -0.1) is 0 Å². The molecule has 0 atom stereocenters. The van der Waals surface area contributed by atoms with Gasteiger partial charge >= 0.3 is 0 Å². The van der Waals surface area contributed by atoms with Crippen LogP contribution in [0.25, 0.3) is 45.0 Å². The molecule has 0 amide bonds.